The van der Waals surface area contributed by atoms with Gasteiger partial charge in [-0.05, 0) is 44.4 Å². The van der Waals surface area contributed by atoms with Crippen LogP contribution in [0.3, 0.4) is 0 Å². The Kier molecular flexibility index (Phi) is 5.26. The molecule has 0 spiro atoms. The summed E-state index contributed by atoms with van der Waals surface area (Å²) in [6.45, 7) is 10.1. The van der Waals surface area contributed by atoms with Crippen LogP contribution < -0.4 is 5.32 Å². The lowest BCUT2D eigenvalue weighted by atomic mass is 9.77. The lowest BCUT2D eigenvalue weighted by Gasteiger charge is -2.41. The van der Waals surface area contributed by atoms with Crippen molar-refractivity contribution in [1.29, 1.82) is 0 Å². The minimum Gasteiger partial charge on any atom is -0.383 e. The molecule has 1 rings (SSSR count). The highest BCUT2D eigenvalue weighted by molar-refractivity contribution is 4.91. The molecule has 1 saturated carbocycles. The smallest absolute Gasteiger partial charge is 0.0618 e. The first-order valence-electron chi connectivity index (χ1n) is 6.73. The second-order valence-corrected chi connectivity index (χ2v) is 6.19. The lowest BCUT2D eigenvalue weighted by Crippen LogP contribution is -2.53. The van der Waals surface area contributed by atoms with E-state index in [0.717, 1.165) is 12.5 Å². The second-order valence-electron chi connectivity index (χ2n) is 6.19. The highest BCUT2D eigenvalue weighted by Crippen LogP contribution is 2.32. The van der Waals surface area contributed by atoms with E-state index < -0.39 is 0 Å². The van der Waals surface area contributed by atoms with Gasteiger partial charge in [-0.15, -0.1) is 0 Å². The molecule has 0 aromatic rings. The van der Waals surface area contributed by atoms with E-state index in [-0.39, 0.29) is 0 Å². The zero-order valence-corrected chi connectivity index (χ0v) is 11.7. The molecule has 0 aliphatic heterocycles. The fourth-order valence-electron chi connectivity index (χ4n) is 2.57. The van der Waals surface area contributed by atoms with Crippen LogP contribution in [0.15, 0.2) is 0 Å². The SMILES string of the molecule is COCC(NC1(C)CCC(C)CC1)C(C)C. The predicted molar refractivity (Wildman–Crippen MR) is 69.7 cm³/mol. The van der Waals surface area contributed by atoms with Gasteiger partial charge in [-0.3, -0.25) is 0 Å². The predicted octanol–water partition coefficient (Wildman–Crippen LogP) is 3.22. The molecule has 0 heterocycles. The molecule has 0 amide bonds. The molecule has 0 bridgehead atoms. The van der Waals surface area contributed by atoms with Gasteiger partial charge in [-0.2, -0.15) is 0 Å². The molecule has 1 fully saturated rings. The molecule has 2 nitrogen and oxygen atoms in total. The van der Waals surface area contributed by atoms with Crippen LogP contribution in [-0.4, -0.2) is 25.3 Å². The summed E-state index contributed by atoms with van der Waals surface area (Å²) in [6.07, 6.45) is 5.34. The van der Waals surface area contributed by atoms with Crippen LogP contribution in [0.25, 0.3) is 0 Å². The van der Waals surface area contributed by atoms with Crippen molar-refractivity contribution >= 4 is 0 Å². The van der Waals surface area contributed by atoms with E-state index in [1.165, 1.54) is 25.7 Å². The van der Waals surface area contributed by atoms with Crippen molar-refractivity contribution < 1.29 is 4.74 Å². The van der Waals surface area contributed by atoms with Gasteiger partial charge in [0.25, 0.3) is 0 Å². The Hall–Kier alpha value is -0.0800. The van der Waals surface area contributed by atoms with Gasteiger partial charge < -0.3 is 10.1 Å². The molecular weight excluding hydrogens is 198 g/mol. The zero-order valence-electron chi connectivity index (χ0n) is 11.7. The molecule has 1 unspecified atom stereocenters. The molecule has 0 aromatic carbocycles. The molecule has 96 valence electrons. The van der Waals surface area contributed by atoms with Gasteiger partial charge >= 0.3 is 0 Å². The minimum absolute atomic E-state index is 0.333. The van der Waals surface area contributed by atoms with E-state index >= 15 is 0 Å². The van der Waals surface area contributed by atoms with Crippen LogP contribution in [0.5, 0.6) is 0 Å². The van der Waals surface area contributed by atoms with Gasteiger partial charge in [0.1, 0.15) is 0 Å². The average Bonchev–Trinajstić information content (AvgIpc) is 2.22. The third kappa shape index (κ3) is 4.06. The van der Waals surface area contributed by atoms with Gasteiger partial charge in [-0.25, -0.2) is 0 Å². The van der Waals surface area contributed by atoms with Crippen molar-refractivity contribution in [3.05, 3.63) is 0 Å². The number of nitrogens with one attached hydrogen (secondary N) is 1. The van der Waals surface area contributed by atoms with E-state index in [2.05, 4.69) is 33.0 Å². The second kappa shape index (κ2) is 6.02. The van der Waals surface area contributed by atoms with Crippen LogP contribution in [-0.2, 0) is 4.74 Å². The first kappa shape index (κ1) is 14.0. The Balaban J connectivity index is 2.49. The summed E-state index contributed by atoms with van der Waals surface area (Å²) in [5.74, 6) is 1.55. The fraction of sp³-hybridized carbons (Fsp3) is 1.00. The molecule has 1 atom stereocenters. The maximum Gasteiger partial charge on any atom is 0.0618 e. The summed E-state index contributed by atoms with van der Waals surface area (Å²) < 4.78 is 5.31. The number of hydrogen-bond donors (Lipinski definition) is 1. The summed E-state index contributed by atoms with van der Waals surface area (Å²) in [7, 11) is 1.79. The molecular formula is C14H29NO. The van der Waals surface area contributed by atoms with Gasteiger partial charge in [0.2, 0.25) is 0 Å². The van der Waals surface area contributed by atoms with Crippen molar-refractivity contribution in [2.45, 2.75) is 65.0 Å². The van der Waals surface area contributed by atoms with E-state index in [0.29, 0.717) is 17.5 Å². The lowest BCUT2D eigenvalue weighted by molar-refractivity contribution is 0.107. The summed E-state index contributed by atoms with van der Waals surface area (Å²) in [5, 5.41) is 3.83. The normalized spacial score (nSPS) is 33.0. The first-order valence-corrected chi connectivity index (χ1v) is 6.73. The fourth-order valence-corrected chi connectivity index (χ4v) is 2.57. The number of ether oxygens (including phenoxy) is 1. The summed E-state index contributed by atoms with van der Waals surface area (Å²) in [4.78, 5) is 0. The van der Waals surface area contributed by atoms with Gasteiger partial charge in [0.15, 0.2) is 0 Å². The van der Waals surface area contributed by atoms with E-state index in [1.54, 1.807) is 7.11 Å². The van der Waals surface area contributed by atoms with Crippen LogP contribution >= 0.6 is 0 Å². The maximum absolute atomic E-state index is 5.31. The van der Waals surface area contributed by atoms with E-state index in [1.807, 2.05) is 0 Å². The van der Waals surface area contributed by atoms with Crippen molar-refractivity contribution in [2.75, 3.05) is 13.7 Å². The van der Waals surface area contributed by atoms with Gasteiger partial charge in [0, 0.05) is 18.7 Å². The van der Waals surface area contributed by atoms with Crippen LogP contribution in [0, 0.1) is 11.8 Å². The maximum atomic E-state index is 5.31. The van der Waals surface area contributed by atoms with Crippen LogP contribution in [0.1, 0.15) is 53.4 Å². The highest BCUT2D eigenvalue weighted by Gasteiger charge is 2.32. The summed E-state index contributed by atoms with van der Waals surface area (Å²) in [6, 6.07) is 0.489. The van der Waals surface area contributed by atoms with Crippen molar-refractivity contribution in [2.24, 2.45) is 11.8 Å². The van der Waals surface area contributed by atoms with Crippen molar-refractivity contribution in [3.8, 4) is 0 Å². The molecule has 1 N–H and O–H groups in total. The van der Waals surface area contributed by atoms with Crippen molar-refractivity contribution in [3.63, 3.8) is 0 Å². The van der Waals surface area contributed by atoms with Gasteiger partial charge in [-0.1, -0.05) is 20.8 Å². The molecule has 0 saturated heterocycles. The number of rotatable bonds is 5. The quantitative estimate of drug-likeness (QED) is 0.778. The Morgan fingerprint density at radius 3 is 2.31 bits per heavy atom. The standard InChI is InChI=1S/C14H29NO/c1-11(2)13(10-16-5)15-14(4)8-6-12(3)7-9-14/h11-13,15H,6-10H2,1-5H3. The van der Waals surface area contributed by atoms with E-state index in [9.17, 15) is 0 Å². The topological polar surface area (TPSA) is 21.3 Å². The number of hydrogen-bond acceptors (Lipinski definition) is 2. The third-order valence-electron chi connectivity index (χ3n) is 4.06. The van der Waals surface area contributed by atoms with Gasteiger partial charge in [0.05, 0.1) is 6.61 Å². The first-order chi connectivity index (χ1) is 7.47. The Labute approximate surface area is 101 Å². The Bertz CT molecular complexity index is 195. The molecule has 2 heteroatoms. The van der Waals surface area contributed by atoms with E-state index in [4.69, 9.17) is 4.74 Å². The monoisotopic (exact) mass is 227 g/mol. The third-order valence-corrected chi connectivity index (χ3v) is 4.06. The Morgan fingerprint density at radius 1 is 1.31 bits per heavy atom. The Morgan fingerprint density at radius 2 is 1.88 bits per heavy atom. The van der Waals surface area contributed by atoms with Crippen molar-refractivity contribution in [1.82, 2.24) is 5.32 Å². The molecule has 16 heavy (non-hydrogen) atoms. The van der Waals surface area contributed by atoms with Crippen LogP contribution in [0.4, 0.5) is 0 Å². The summed E-state index contributed by atoms with van der Waals surface area (Å²) >= 11 is 0. The molecule has 1 aliphatic rings. The molecule has 1 aliphatic carbocycles. The van der Waals surface area contributed by atoms with Crippen LogP contribution in [0.2, 0.25) is 0 Å². The molecule has 0 radical (unpaired) electrons. The number of methoxy groups -OCH3 is 1. The zero-order chi connectivity index (χ0) is 12.2. The average molecular weight is 227 g/mol. The largest absolute Gasteiger partial charge is 0.383 e. The molecule has 0 aromatic heterocycles. The highest BCUT2D eigenvalue weighted by atomic mass is 16.5. The minimum atomic E-state index is 0.333. The summed E-state index contributed by atoms with van der Waals surface area (Å²) in [5.41, 5.74) is 0.333.